The number of urea groups is 1. The van der Waals surface area contributed by atoms with Crippen LogP contribution in [0.5, 0.6) is 0 Å². The van der Waals surface area contributed by atoms with E-state index < -0.39 is 17.8 Å². The average molecular weight is 391 g/mol. The number of aryl methyl sites for hydroxylation is 2. The van der Waals surface area contributed by atoms with Crippen molar-refractivity contribution in [3.8, 4) is 5.82 Å². The van der Waals surface area contributed by atoms with Crippen molar-refractivity contribution in [3.63, 3.8) is 0 Å². The first-order valence-corrected chi connectivity index (χ1v) is 8.63. The Morgan fingerprint density at radius 3 is 2.71 bits per heavy atom. The Hall–Kier alpha value is -3.37. The number of rotatable bonds is 3. The number of nitrogens with zero attached hydrogens (tertiary/aromatic N) is 5. The summed E-state index contributed by atoms with van der Waals surface area (Å²) in [6.07, 6.45) is 1.01. The highest BCUT2D eigenvalue weighted by molar-refractivity contribution is 5.98. The van der Waals surface area contributed by atoms with Crippen molar-refractivity contribution in [1.29, 1.82) is 0 Å². The van der Waals surface area contributed by atoms with Gasteiger partial charge in [0.1, 0.15) is 5.56 Å². The second kappa shape index (κ2) is 6.98. The zero-order chi connectivity index (χ0) is 19.7. The molecule has 2 amide bonds. The Labute approximate surface area is 157 Å². The summed E-state index contributed by atoms with van der Waals surface area (Å²) in [5.74, 6) is 0.128. The minimum Gasteiger partial charge on any atom is -0.291 e. The van der Waals surface area contributed by atoms with Crippen LogP contribution in [0, 0.1) is 0 Å². The summed E-state index contributed by atoms with van der Waals surface area (Å²) in [4.78, 5) is 15.9. The molecule has 0 bridgehead atoms. The van der Waals surface area contributed by atoms with Crippen molar-refractivity contribution in [2.45, 2.75) is 32.0 Å². The maximum Gasteiger partial charge on any atom is 0.420 e. The number of pyridine rings is 1. The third-order valence-corrected chi connectivity index (χ3v) is 4.30. The number of fused-ring (bicyclic) bond motifs is 1. The molecule has 3 aromatic rings. The first kappa shape index (κ1) is 18.0. The number of anilines is 2. The predicted molar refractivity (Wildman–Crippen MR) is 94.2 cm³/mol. The molecule has 8 nitrogen and oxygen atoms in total. The standard InChI is InChI=1S/C17H16F3N7O/c18-17(19,20)12-5-3-7-21-15(12)27-9-6-13(24-27)22-16(28)23-14-10-11-4-1-2-8-26(11)25-14/h3,5-7,9-10H,1-2,4,8H2,(H2,22,23,24,25,28). The zero-order valence-corrected chi connectivity index (χ0v) is 14.6. The summed E-state index contributed by atoms with van der Waals surface area (Å²) in [7, 11) is 0. The molecule has 0 saturated heterocycles. The van der Waals surface area contributed by atoms with Crippen LogP contribution in [-0.4, -0.2) is 30.6 Å². The molecular formula is C17H16F3N7O. The number of carbonyl (C=O) groups excluding carboxylic acids is 1. The maximum absolute atomic E-state index is 13.1. The van der Waals surface area contributed by atoms with E-state index >= 15 is 0 Å². The Morgan fingerprint density at radius 1 is 1.11 bits per heavy atom. The summed E-state index contributed by atoms with van der Waals surface area (Å²) in [6, 6.07) is 4.72. The SMILES string of the molecule is O=C(Nc1ccn(-c2ncccc2C(F)(F)F)n1)Nc1cc2n(n1)CCCC2. The van der Waals surface area contributed by atoms with Crippen LogP contribution in [0.2, 0.25) is 0 Å². The Morgan fingerprint density at radius 2 is 1.93 bits per heavy atom. The van der Waals surface area contributed by atoms with E-state index in [9.17, 15) is 18.0 Å². The molecule has 0 aliphatic carbocycles. The van der Waals surface area contributed by atoms with Gasteiger partial charge in [0.25, 0.3) is 0 Å². The van der Waals surface area contributed by atoms with Crippen molar-refractivity contribution in [2.24, 2.45) is 0 Å². The summed E-state index contributed by atoms with van der Waals surface area (Å²) in [6.45, 7) is 0.814. The molecule has 0 aromatic carbocycles. The van der Waals surface area contributed by atoms with Crippen LogP contribution >= 0.6 is 0 Å². The number of alkyl halides is 3. The first-order chi connectivity index (χ1) is 13.4. The molecule has 28 heavy (non-hydrogen) atoms. The van der Waals surface area contributed by atoms with Crippen molar-refractivity contribution in [1.82, 2.24) is 24.5 Å². The molecule has 4 rings (SSSR count). The van der Waals surface area contributed by atoms with Gasteiger partial charge >= 0.3 is 12.2 Å². The van der Waals surface area contributed by atoms with Crippen LogP contribution in [0.15, 0.2) is 36.7 Å². The summed E-state index contributed by atoms with van der Waals surface area (Å²) < 4.78 is 42.2. The fourth-order valence-corrected chi connectivity index (χ4v) is 3.05. The van der Waals surface area contributed by atoms with E-state index in [0.717, 1.165) is 42.2 Å². The fraction of sp³-hybridized carbons (Fsp3) is 0.294. The van der Waals surface area contributed by atoms with Gasteiger partial charge in [-0.05, 0) is 31.4 Å². The molecule has 0 unspecified atom stereocenters. The van der Waals surface area contributed by atoms with Crippen molar-refractivity contribution in [3.05, 3.63) is 47.9 Å². The normalized spacial score (nSPS) is 13.8. The Bertz CT molecular complexity index is 985. The summed E-state index contributed by atoms with van der Waals surface area (Å²) >= 11 is 0. The van der Waals surface area contributed by atoms with Gasteiger partial charge < -0.3 is 0 Å². The molecule has 11 heteroatoms. The molecular weight excluding hydrogens is 375 g/mol. The zero-order valence-electron chi connectivity index (χ0n) is 14.6. The quantitative estimate of drug-likeness (QED) is 0.716. The van der Waals surface area contributed by atoms with Gasteiger partial charge in [-0.2, -0.15) is 18.3 Å². The third kappa shape index (κ3) is 3.68. The first-order valence-electron chi connectivity index (χ1n) is 8.63. The van der Waals surface area contributed by atoms with Crippen LogP contribution in [0.4, 0.5) is 29.6 Å². The van der Waals surface area contributed by atoms with Gasteiger partial charge in [0.2, 0.25) is 0 Å². The molecule has 2 N–H and O–H groups in total. The lowest BCUT2D eigenvalue weighted by atomic mass is 10.1. The molecule has 3 aromatic heterocycles. The number of nitrogens with one attached hydrogen (secondary N) is 2. The molecule has 0 atom stereocenters. The highest BCUT2D eigenvalue weighted by Gasteiger charge is 2.34. The third-order valence-electron chi connectivity index (χ3n) is 4.30. The lowest BCUT2D eigenvalue weighted by molar-refractivity contribution is -0.137. The minimum atomic E-state index is -4.57. The Balaban J connectivity index is 1.47. The number of halogens is 3. The maximum atomic E-state index is 13.1. The molecule has 0 saturated carbocycles. The van der Waals surface area contributed by atoms with Crippen LogP contribution < -0.4 is 10.6 Å². The van der Waals surface area contributed by atoms with E-state index in [1.165, 1.54) is 24.5 Å². The van der Waals surface area contributed by atoms with E-state index in [-0.39, 0.29) is 11.6 Å². The highest BCUT2D eigenvalue weighted by atomic mass is 19.4. The molecule has 1 aliphatic rings. The smallest absolute Gasteiger partial charge is 0.291 e. The van der Waals surface area contributed by atoms with Crippen LogP contribution in [0.25, 0.3) is 5.82 Å². The average Bonchev–Trinajstić information content (AvgIpc) is 3.27. The lowest BCUT2D eigenvalue weighted by Crippen LogP contribution is -2.20. The van der Waals surface area contributed by atoms with Gasteiger partial charge in [-0.15, -0.1) is 5.10 Å². The Kier molecular flexibility index (Phi) is 4.49. The second-order valence-electron chi connectivity index (χ2n) is 6.30. The van der Waals surface area contributed by atoms with E-state index in [1.807, 2.05) is 4.68 Å². The number of hydrogen-bond donors (Lipinski definition) is 2. The summed E-state index contributed by atoms with van der Waals surface area (Å²) in [5, 5.41) is 13.4. The van der Waals surface area contributed by atoms with Crippen LogP contribution in [0.3, 0.4) is 0 Å². The number of carbonyl (C=O) groups is 1. The van der Waals surface area contributed by atoms with Gasteiger partial charge in [0.15, 0.2) is 17.5 Å². The number of aromatic nitrogens is 5. The molecule has 1 aliphatic heterocycles. The van der Waals surface area contributed by atoms with Gasteiger partial charge in [0, 0.05) is 36.8 Å². The largest absolute Gasteiger partial charge is 0.420 e. The van der Waals surface area contributed by atoms with Crippen molar-refractivity contribution >= 4 is 17.7 Å². The van der Waals surface area contributed by atoms with E-state index in [1.54, 1.807) is 6.07 Å². The minimum absolute atomic E-state index is 0.0836. The van der Waals surface area contributed by atoms with Crippen LogP contribution in [0.1, 0.15) is 24.1 Å². The second-order valence-corrected chi connectivity index (χ2v) is 6.30. The van der Waals surface area contributed by atoms with Gasteiger partial charge in [-0.1, -0.05) is 0 Å². The van der Waals surface area contributed by atoms with Crippen molar-refractivity contribution < 1.29 is 18.0 Å². The van der Waals surface area contributed by atoms with E-state index in [0.29, 0.717) is 5.82 Å². The van der Waals surface area contributed by atoms with Crippen molar-refractivity contribution in [2.75, 3.05) is 10.6 Å². The van der Waals surface area contributed by atoms with Gasteiger partial charge in [0.05, 0.1) is 0 Å². The fourth-order valence-electron chi connectivity index (χ4n) is 3.05. The monoisotopic (exact) mass is 391 g/mol. The van der Waals surface area contributed by atoms with Crippen LogP contribution in [-0.2, 0) is 19.1 Å². The molecule has 0 spiro atoms. The topological polar surface area (TPSA) is 89.7 Å². The lowest BCUT2D eigenvalue weighted by Gasteiger charge is -2.11. The number of amides is 2. The van der Waals surface area contributed by atoms with Gasteiger partial charge in [-0.25, -0.2) is 14.5 Å². The number of hydrogen-bond acceptors (Lipinski definition) is 4. The summed E-state index contributed by atoms with van der Waals surface area (Å²) in [5.41, 5.74) is 0.137. The van der Waals surface area contributed by atoms with E-state index in [4.69, 9.17) is 0 Å². The van der Waals surface area contributed by atoms with E-state index in [2.05, 4.69) is 25.8 Å². The molecule has 4 heterocycles. The molecule has 0 fully saturated rings. The molecule has 0 radical (unpaired) electrons. The van der Waals surface area contributed by atoms with Gasteiger partial charge in [-0.3, -0.25) is 15.3 Å². The molecule has 146 valence electrons. The predicted octanol–water partition coefficient (Wildman–Crippen LogP) is 3.46. The highest BCUT2D eigenvalue weighted by Crippen LogP contribution is 2.32.